The largest absolute Gasteiger partial charge is 0.491 e. The first-order valence-electron chi connectivity index (χ1n) is 8.41. The van der Waals surface area contributed by atoms with E-state index in [2.05, 4.69) is 5.32 Å². The molecule has 4 fully saturated rings. The average molecular weight is 289 g/mol. The zero-order valence-corrected chi connectivity index (χ0v) is 12.6. The second-order valence-electron chi connectivity index (χ2n) is 7.18. The molecule has 5 rings (SSSR count). The molecule has 2 nitrogen and oxygen atoms in total. The van der Waals surface area contributed by atoms with Gasteiger partial charge in [-0.3, -0.25) is 0 Å². The van der Waals surface area contributed by atoms with Crippen molar-refractivity contribution in [2.24, 2.45) is 23.7 Å². The fraction of sp³-hybridized carbons (Fsp3) is 0.667. The van der Waals surface area contributed by atoms with Crippen LogP contribution in [0.3, 0.4) is 0 Å². The Morgan fingerprint density at radius 1 is 1.10 bits per heavy atom. The molecule has 0 aliphatic heterocycles. The van der Waals surface area contributed by atoms with E-state index < -0.39 is 0 Å². The Labute approximate surface area is 126 Å². The Morgan fingerprint density at radius 3 is 2.33 bits per heavy atom. The zero-order chi connectivity index (χ0) is 14.4. The third-order valence-corrected chi connectivity index (χ3v) is 5.79. The van der Waals surface area contributed by atoms with E-state index in [0.29, 0.717) is 18.4 Å². The van der Waals surface area contributed by atoms with Gasteiger partial charge in [0.15, 0.2) is 11.6 Å². The lowest BCUT2D eigenvalue weighted by molar-refractivity contribution is 0.00753. The number of halogens is 1. The standard InChI is InChI=1S/C18H24FNO/c1-2-21-17-4-3-15(10-16(17)19)20-18-13-6-11-5-12(8-13)9-14(18)7-11/h3-4,10-14,18,20H,2,5-9H2,1H3. The molecular formula is C18H24FNO. The first kappa shape index (κ1) is 13.4. The summed E-state index contributed by atoms with van der Waals surface area (Å²) in [6, 6.07) is 5.85. The van der Waals surface area contributed by atoms with Crippen LogP contribution in [0.4, 0.5) is 10.1 Å². The van der Waals surface area contributed by atoms with E-state index in [1.54, 1.807) is 12.1 Å². The molecule has 1 aromatic rings. The molecule has 0 amide bonds. The SMILES string of the molecule is CCOc1ccc(NC2C3CC4CC(C3)CC2C4)cc1F. The van der Waals surface area contributed by atoms with Crippen LogP contribution < -0.4 is 10.1 Å². The summed E-state index contributed by atoms with van der Waals surface area (Å²) in [6.45, 7) is 2.37. The van der Waals surface area contributed by atoms with Crippen molar-refractivity contribution in [3.05, 3.63) is 24.0 Å². The van der Waals surface area contributed by atoms with Gasteiger partial charge in [0.25, 0.3) is 0 Å². The van der Waals surface area contributed by atoms with Crippen LogP contribution in [-0.4, -0.2) is 12.6 Å². The number of anilines is 1. The predicted octanol–water partition coefficient (Wildman–Crippen LogP) is 4.46. The molecule has 4 bridgehead atoms. The molecule has 4 aliphatic carbocycles. The number of hydrogen-bond acceptors (Lipinski definition) is 2. The van der Waals surface area contributed by atoms with Crippen molar-refractivity contribution in [3.63, 3.8) is 0 Å². The van der Waals surface area contributed by atoms with Crippen LogP contribution in [0.1, 0.15) is 39.0 Å². The zero-order valence-electron chi connectivity index (χ0n) is 12.6. The molecule has 3 heteroatoms. The van der Waals surface area contributed by atoms with Crippen molar-refractivity contribution in [1.29, 1.82) is 0 Å². The van der Waals surface area contributed by atoms with Crippen molar-refractivity contribution >= 4 is 5.69 Å². The highest BCUT2D eigenvalue weighted by molar-refractivity contribution is 5.48. The van der Waals surface area contributed by atoms with Gasteiger partial charge < -0.3 is 10.1 Å². The summed E-state index contributed by atoms with van der Waals surface area (Å²) in [5.74, 6) is 3.65. The van der Waals surface area contributed by atoms with Crippen LogP contribution in [0, 0.1) is 29.5 Å². The summed E-state index contributed by atoms with van der Waals surface area (Å²) in [7, 11) is 0. The van der Waals surface area contributed by atoms with Gasteiger partial charge in [-0.15, -0.1) is 0 Å². The van der Waals surface area contributed by atoms with Crippen molar-refractivity contribution in [2.75, 3.05) is 11.9 Å². The molecule has 1 N–H and O–H groups in total. The van der Waals surface area contributed by atoms with Crippen LogP contribution in [0.25, 0.3) is 0 Å². The minimum absolute atomic E-state index is 0.259. The van der Waals surface area contributed by atoms with Gasteiger partial charge in [0.1, 0.15) is 0 Å². The van der Waals surface area contributed by atoms with E-state index in [9.17, 15) is 4.39 Å². The molecule has 0 radical (unpaired) electrons. The van der Waals surface area contributed by atoms with Gasteiger partial charge in [-0.2, -0.15) is 0 Å². The maximum atomic E-state index is 14.0. The Morgan fingerprint density at radius 2 is 1.76 bits per heavy atom. The molecule has 21 heavy (non-hydrogen) atoms. The first-order chi connectivity index (χ1) is 10.2. The summed E-state index contributed by atoms with van der Waals surface area (Å²) in [5, 5.41) is 3.64. The first-order valence-corrected chi connectivity index (χ1v) is 8.41. The van der Waals surface area contributed by atoms with Gasteiger partial charge in [-0.1, -0.05) is 0 Å². The third kappa shape index (κ3) is 2.41. The van der Waals surface area contributed by atoms with Crippen molar-refractivity contribution in [1.82, 2.24) is 0 Å². The van der Waals surface area contributed by atoms with E-state index in [-0.39, 0.29) is 5.82 Å². The number of ether oxygens (including phenoxy) is 1. The van der Waals surface area contributed by atoms with E-state index in [1.165, 1.54) is 32.1 Å². The lowest BCUT2D eigenvalue weighted by Gasteiger charge is -2.54. The number of nitrogens with one attached hydrogen (secondary N) is 1. The molecule has 0 atom stereocenters. The fourth-order valence-corrected chi connectivity index (χ4v) is 5.22. The van der Waals surface area contributed by atoms with Crippen molar-refractivity contribution < 1.29 is 9.13 Å². The van der Waals surface area contributed by atoms with Crippen LogP contribution in [0.2, 0.25) is 0 Å². The molecule has 4 saturated carbocycles. The Bertz CT molecular complexity index is 502. The van der Waals surface area contributed by atoms with E-state index in [4.69, 9.17) is 4.74 Å². The van der Waals surface area contributed by atoms with Gasteiger partial charge in [-0.05, 0) is 74.8 Å². The van der Waals surface area contributed by atoms with E-state index >= 15 is 0 Å². The smallest absolute Gasteiger partial charge is 0.167 e. The van der Waals surface area contributed by atoms with Crippen LogP contribution in [-0.2, 0) is 0 Å². The molecule has 0 heterocycles. The van der Waals surface area contributed by atoms with Gasteiger partial charge >= 0.3 is 0 Å². The Hall–Kier alpha value is -1.25. The summed E-state index contributed by atoms with van der Waals surface area (Å²) in [5.41, 5.74) is 0.911. The van der Waals surface area contributed by atoms with Gasteiger partial charge in [0.05, 0.1) is 6.61 Å². The Balaban J connectivity index is 1.50. The highest BCUT2D eigenvalue weighted by Gasteiger charge is 2.48. The fourth-order valence-electron chi connectivity index (χ4n) is 5.22. The lowest BCUT2D eigenvalue weighted by atomic mass is 9.54. The highest BCUT2D eigenvalue weighted by atomic mass is 19.1. The second kappa shape index (κ2) is 5.19. The molecule has 0 spiro atoms. The van der Waals surface area contributed by atoms with Gasteiger partial charge in [0.2, 0.25) is 0 Å². The quantitative estimate of drug-likeness (QED) is 0.883. The van der Waals surface area contributed by atoms with E-state index in [1.807, 2.05) is 13.0 Å². The monoisotopic (exact) mass is 289 g/mol. The third-order valence-electron chi connectivity index (χ3n) is 5.79. The summed E-state index contributed by atoms with van der Waals surface area (Å²) < 4.78 is 19.3. The topological polar surface area (TPSA) is 21.3 Å². The predicted molar refractivity (Wildman–Crippen MR) is 82.0 cm³/mol. The number of rotatable bonds is 4. The van der Waals surface area contributed by atoms with Crippen molar-refractivity contribution in [2.45, 2.75) is 45.1 Å². The molecule has 0 saturated heterocycles. The minimum atomic E-state index is -0.259. The van der Waals surface area contributed by atoms with Crippen LogP contribution in [0.5, 0.6) is 5.75 Å². The molecule has 1 aromatic carbocycles. The highest BCUT2D eigenvalue weighted by Crippen LogP contribution is 2.54. The van der Waals surface area contributed by atoms with Crippen LogP contribution in [0.15, 0.2) is 18.2 Å². The molecular weight excluding hydrogens is 265 g/mol. The average Bonchev–Trinajstić information content (AvgIpc) is 2.45. The molecule has 0 unspecified atom stereocenters. The summed E-state index contributed by atoms with van der Waals surface area (Å²) in [4.78, 5) is 0. The van der Waals surface area contributed by atoms with Gasteiger partial charge in [-0.25, -0.2) is 4.39 Å². The minimum Gasteiger partial charge on any atom is -0.491 e. The van der Waals surface area contributed by atoms with Crippen molar-refractivity contribution in [3.8, 4) is 5.75 Å². The lowest BCUT2D eigenvalue weighted by Crippen LogP contribution is -2.51. The molecule has 4 aliphatic rings. The number of hydrogen-bond donors (Lipinski definition) is 1. The van der Waals surface area contributed by atoms with Gasteiger partial charge in [0, 0.05) is 17.8 Å². The maximum Gasteiger partial charge on any atom is 0.167 e. The normalized spacial score (nSPS) is 36.8. The van der Waals surface area contributed by atoms with Crippen LogP contribution >= 0.6 is 0 Å². The molecule has 114 valence electrons. The summed E-state index contributed by atoms with van der Waals surface area (Å²) >= 11 is 0. The summed E-state index contributed by atoms with van der Waals surface area (Å²) in [6.07, 6.45) is 6.99. The Kier molecular flexibility index (Phi) is 3.31. The second-order valence-corrected chi connectivity index (χ2v) is 7.18. The molecule has 0 aromatic heterocycles. The van der Waals surface area contributed by atoms with E-state index in [0.717, 1.165) is 29.4 Å². The number of benzene rings is 1. The maximum absolute atomic E-state index is 14.0.